The van der Waals surface area contributed by atoms with Crippen LogP contribution in [0.25, 0.3) is 5.57 Å². The van der Waals surface area contributed by atoms with E-state index in [9.17, 15) is 15.0 Å². The largest absolute Gasteiger partial charge is 0.363 e. The highest BCUT2D eigenvalue weighted by molar-refractivity contribution is 5.90. The summed E-state index contributed by atoms with van der Waals surface area (Å²) in [6, 6.07) is 5.26. The molecule has 92 valence electrons. The molecule has 18 heavy (non-hydrogen) atoms. The van der Waals surface area contributed by atoms with Crippen molar-refractivity contribution in [2.45, 2.75) is 12.7 Å². The van der Waals surface area contributed by atoms with E-state index < -0.39 is 18.1 Å². The molecule has 0 radical (unpaired) electrons. The second-order valence-electron chi connectivity index (χ2n) is 3.88. The van der Waals surface area contributed by atoms with Crippen LogP contribution in [0.5, 0.6) is 0 Å². The molecule has 6 heteroatoms. The van der Waals surface area contributed by atoms with Crippen molar-refractivity contribution in [3.05, 3.63) is 35.8 Å². The van der Waals surface area contributed by atoms with E-state index >= 15 is 0 Å². The first-order valence-electron chi connectivity index (χ1n) is 5.33. The number of nitrogens with one attached hydrogen (secondary N) is 1. The summed E-state index contributed by atoms with van der Waals surface area (Å²) in [5, 5.41) is 29.8. The van der Waals surface area contributed by atoms with Gasteiger partial charge in [0.05, 0.1) is 11.8 Å². The van der Waals surface area contributed by atoms with Crippen LogP contribution in [0.4, 0.5) is 0 Å². The van der Waals surface area contributed by atoms with E-state index in [0.29, 0.717) is 11.1 Å². The summed E-state index contributed by atoms with van der Waals surface area (Å²) in [5.74, 6) is -1.34. The smallest absolute Gasteiger partial charge is 0.241 e. The Kier molecular flexibility index (Phi) is 3.37. The van der Waals surface area contributed by atoms with E-state index in [2.05, 4.69) is 10.3 Å². The quantitative estimate of drug-likeness (QED) is 0.624. The number of hydrogen-bond donors (Lipinski definition) is 3. The van der Waals surface area contributed by atoms with Gasteiger partial charge in [-0.25, -0.2) is 0 Å². The highest BCUT2D eigenvalue weighted by Crippen LogP contribution is 2.29. The predicted molar refractivity (Wildman–Crippen MR) is 61.2 cm³/mol. The van der Waals surface area contributed by atoms with Gasteiger partial charge in [-0.15, -0.1) is 0 Å². The Bertz CT molecular complexity index is 531. The first kappa shape index (κ1) is 12.2. The number of carbonyl (C=O) groups excluding carboxylic acids is 1. The third-order valence-corrected chi connectivity index (χ3v) is 2.75. The number of amides is 1. The molecule has 1 unspecified atom stereocenters. The van der Waals surface area contributed by atoms with Crippen LogP contribution >= 0.6 is 0 Å². The van der Waals surface area contributed by atoms with Gasteiger partial charge >= 0.3 is 0 Å². The van der Waals surface area contributed by atoms with Crippen molar-refractivity contribution in [2.24, 2.45) is 5.92 Å². The van der Waals surface area contributed by atoms with E-state index in [-0.39, 0.29) is 12.1 Å². The van der Waals surface area contributed by atoms with Crippen molar-refractivity contribution in [3.8, 4) is 6.07 Å². The summed E-state index contributed by atoms with van der Waals surface area (Å²) in [5.41, 5.74) is 1.27. The molecule has 0 aliphatic carbocycles. The second-order valence-corrected chi connectivity index (χ2v) is 3.88. The third kappa shape index (κ3) is 2.22. The van der Waals surface area contributed by atoms with Crippen LogP contribution in [-0.4, -0.2) is 27.4 Å². The van der Waals surface area contributed by atoms with Gasteiger partial charge < -0.3 is 15.5 Å². The van der Waals surface area contributed by atoms with Gasteiger partial charge in [0.25, 0.3) is 0 Å². The fraction of sp³-hybridized carbons (Fsp3) is 0.250. The van der Waals surface area contributed by atoms with Gasteiger partial charge in [-0.3, -0.25) is 9.78 Å². The van der Waals surface area contributed by atoms with Gasteiger partial charge in [-0.2, -0.15) is 5.26 Å². The fourth-order valence-corrected chi connectivity index (χ4v) is 1.85. The Balaban J connectivity index is 2.48. The van der Waals surface area contributed by atoms with Crippen molar-refractivity contribution in [2.75, 3.05) is 0 Å². The minimum absolute atomic E-state index is 0.0256. The van der Waals surface area contributed by atoms with Gasteiger partial charge in [0.2, 0.25) is 5.91 Å². The number of hydrogen-bond acceptors (Lipinski definition) is 5. The Hall–Kier alpha value is -2.23. The molecule has 1 aliphatic heterocycles. The Morgan fingerprint density at radius 2 is 2.11 bits per heavy atom. The van der Waals surface area contributed by atoms with Crippen molar-refractivity contribution < 1.29 is 15.0 Å². The number of nitrogens with zero attached hydrogens (tertiary/aromatic N) is 2. The number of nitriles is 1. The summed E-state index contributed by atoms with van der Waals surface area (Å²) < 4.78 is 0. The van der Waals surface area contributed by atoms with Crippen molar-refractivity contribution in [1.82, 2.24) is 10.3 Å². The molecule has 6 nitrogen and oxygen atoms in total. The Morgan fingerprint density at radius 3 is 2.67 bits per heavy atom. The minimum atomic E-state index is -1.78. The van der Waals surface area contributed by atoms with E-state index in [0.717, 1.165) is 0 Å². The summed E-state index contributed by atoms with van der Waals surface area (Å²) in [6.07, 6.45) is 1.49. The molecule has 1 aliphatic rings. The molecule has 1 atom stereocenters. The van der Waals surface area contributed by atoms with Gasteiger partial charge in [0.1, 0.15) is 5.92 Å². The van der Waals surface area contributed by atoms with Crippen LogP contribution in [0, 0.1) is 17.2 Å². The zero-order valence-corrected chi connectivity index (χ0v) is 9.37. The molecule has 1 aromatic heterocycles. The molecule has 0 bridgehead atoms. The topological polar surface area (TPSA) is 106 Å². The lowest BCUT2D eigenvalue weighted by Crippen LogP contribution is -2.39. The standard InChI is InChI=1S/C12H11N3O3/c13-6-8-5-9(7-1-3-14-4-2-7)10(12(17)18)15-11(8)16/h1-4,8,12,17-18H,5H2,(H,15,16). The fourth-order valence-electron chi connectivity index (χ4n) is 1.85. The second kappa shape index (κ2) is 4.96. The lowest BCUT2D eigenvalue weighted by atomic mass is 9.90. The number of pyridine rings is 1. The molecule has 0 saturated carbocycles. The molecule has 0 spiro atoms. The van der Waals surface area contributed by atoms with Gasteiger partial charge in [-0.05, 0) is 29.7 Å². The van der Waals surface area contributed by atoms with Crippen LogP contribution < -0.4 is 5.32 Å². The molecule has 1 aromatic rings. The number of rotatable bonds is 2. The summed E-state index contributed by atoms with van der Waals surface area (Å²) in [4.78, 5) is 15.4. The van der Waals surface area contributed by atoms with Crippen molar-refractivity contribution >= 4 is 11.5 Å². The number of allylic oxidation sites excluding steroid dienone is 1. The predicted octanol–water partition coefficient (Wildman–Crippen LogP) is -0.237. The minimum Gasteiger partial charge on any atom is -0.363 e. The van der Waals surface area contributed by atoms with E-state index in [4.69, 9.17) is 5.26 Å². The maximum Gasteiger partial charge on any atom is 0.241 e. The van der Waals surface area contributed by atoms with Gasteiger partial charge in [0, 0.05) is 12.4 Å². The average Bonchev–Trinajstić information content (AvgIpc) is 2.39. The number of aliphatic hydroxyl groups is 2. The number of aromatic nitrogens is 1. The lowest BCUT2D eigenvalue weighted by Gasteiger charge is -2.25. The van der Waals surface area contributed by atoms with Crippen molar-refractivity contribution in [3.63, 3.8) is 0 Å². The summed E-state index contributed by atoms with van der Waals surface area (Å²) in [6.45, 7) is 0. The third-order valence-electron chi connectivity index (χ3n) is 2.75. The van der Waals surface area contributed by atoms with Crippen LogP contribution in [0.2, 0.25) is 0 Å². The molecule has 0 saturated heterocycles. The molecule has 0 fully saturated rings. The molecule has 0 aromatic carbocycles. The zero-order valence-electron chi connectivity index (χ0n) is 9.37. The van der Waals surface area contributed by atoms with Gasteiger partial charge in [-0.1, -0.05) is 0 Å². The zero-order chi connectivity index (χ0) is 13.1. The SMILES string of the molecule is N#CC1CC(c2ccncc2)=C(C(O)O)NC1=O. The maximum absolute atomic E-state index is 11.5. The molecule has 2 rings (SSSR count). The first-order valence-corrected chi connectivity index (χ1v) is 5.33. The van der Waals surface area contributed by atoms with E-state index in [1.807, 2.05) is 6.07 Å². The Labute approximate surface area is 103 Å². The summed E-state index contributed by atoms with van der Waals surface area (Å²) in [7, 11) is 0. The van der Waals surface area contributed by atoms with Crippen LogP contribution in [0.1, 0.15) is 12.0 Å². The van der Waals surface area contributed by atoms with Gasteiger partial charge in [0.15, 0.2) is 6.29 Å². The first-order chi connectivity index (χ1) is 8.63. The molecule has 3 N–H and O–H groups in total. The maximum atomic E-state index is 11.5. The highest BCUT2D eigenvalue weighted by Gasteiger charge is 2.30. The number of carbonyl (C=O) groups is 1. The van der Waals surface area contributed by atoms with Crippen LogP contribution in [-0.2, 0) is 4.79 Å². The highest BCUT2D eigenvalue weighted by atomic mass is 16.5. The van der Waals surface area contributed by atoms with E-state index in [1.54, 1.807) is 24.5 Å². The molecule has 1 amide bonds. The molecular weight excluding hydrogens is 234 g/mol. The lowest BCUT2D eigenvalue weighted by molar-refractivity contribution is -0.124. The monoisotopic (exact) mass is 245 g/mol. The summed E-state index contributed by atoms with van der Waals surface area (Å²) >= 11 is 0. The number of aliphatic hydroxyl groups excluding tert-OH is 1. The Morgan fingerprint density at radius 1 is 1.44 bits per heavy atom. The van der Waals surface area contributed by atoms with Crippen LogP contribution in [0.15, 0.2) is 30.2 Å². The van der Waals surface area contributed by atoms with Crippen LogP contribution in [0.3, 0.4) is 0 Å². The van der Waals surface area contributed by atoms with E-state index in [1.165, 1.54) is 0 Å². The van der Waals surface area contributed by atoms with Crippen molar-refractivity contribution in [1.29, 1.82) is 5.26 Å². The normalized spacial score (nSPS) is 19.7. The average molecular weight is 245 g/mol. The molecular formula is C12H11N3O3. The molecule has 2 heterocycles.